The summed E-state index contributed by atoms with van der Waals surface area (Å²) in [6.45, 7) is 0. The number of hydrogen-bond donors (Lipinski definition) is 3. The van der Waals surface area contributed by atoms with Crippen LogP contribution in [0.1, 0.15) is 57.4 Å². The van der Waals surface area contributed by atoms with Crippen molar-refractivity contribution in [3.8, 4) is 11.5 Å². The Hall–Kier alpha value is -4.19. The second-order valence-corrected chi connectivity index (χ2v) is 9.57. The highest BCUT2D eigenvalue weighted by Gasteiger charge is 2.38. The van der Waals surface area contributed by atoms with Crippen LogP contribution in [0.25, 0.3) is 0 Å². The first-order valence-corrected chi connectivity index (χ1v) is 12.7. The highest BCUT2D eigenvalue weighted by molar-refractivity contribution is 7.09. The summed E-state index contributed by atoms with van der Waals surface area (Å²) in [6.07, 6.45) is 3.58. The average Bonchev–Trinajstić information content (AvgIpc) is 3.56. The van der Waals surface area contributed by atoms with E-state index in [1.165, 1.54) is 43.4 Å². The van der Waals surface area contributed by atoms with Crippen LogP contribution >= 0.6 is 11.5 Å². The van der Waals surface area contributed by atoms with Gasteiger partial charge in [-0.2, -0.15) is 4.37 Å². The summed E-state index contributed by atoms with van der Waals surface area (Å²) in [7, 11) is 2.90. The third-order valence-corrected chi connectivity index (χ3v) is 7.27. The first-order valence-electron chi connectivity index (χ1n) is 11.9. The summed E-state index contributed by atoms with van der Waals surface area (Å²) in [4.78, 5) is 41.0. The monoisotopic (exact) mass is 541 g/mol. The fourth-order valence-corrected chi connectivity index (χ4v) is 5.24. The van der Waals surface area contributed by atoms with Crippen LogP contribution in [-0.2, 0) is 4.79 Å². The Balaban J connectivity index is 1.91. The van der Waals surface area contributed by atoms with Gasteiger partial charge in [0.05, 0.1) is 25.6 Å². The number of ether oxygens (including phenoxy) is 2. The maximum absolute atomic E-state index is 14.2. The lowest BCUT2D eigenvalue weighted by atomic mass is 10.0. The lowest BCUT2D eigenvalue weighted by Gasteiger charge is -2.33. The van der Waals surface area contributed by atoms with Crippen molar-refractivity contribution >= 4 is 40.6 Å². The molecule has 4 rings (SSSR count). The molecule has 0 bridgehead atoms. The van der Waals surface area contributed by atoms with Gasteiger partial charge in [0.2, 0.25) is 5.91 Å². The highest BCUT2D eigenvalue weighted by Crippen LogP contribution is 2.40. The molecule has 0 aliphatic heterocycles. The number of nitrogens with two attached hydrogens (primary N) is 2. The third-order valence-electron chi connectivity index (χ3n) is 6.41. The van der Waals surface area contributed by atoms with E-state index in [1.807, 2.05) is 0 Å². The van der Waals surface area contributed by atoms with Crippen LogP contribution in [0.3, 0.4) is 0 Å². The number of primary amides is 1. The molecule has 5 N–H and O–H groups in total. The molecule has 1 aliphatic carbocycles. The van der Waals surface area contributed by atoms with Gasteiger partial charge < -0.3 is 26.3 Å². The second-order valence-electron chi connectivity index (χ2n) is 8.80. The van der Waals surface area contributed by atoms with Gasteiger partial charge in [0.15, 0.2) is 5.69 Å². The standard InChI is InChI=1S/C26H28FN5O5S/c1-36-17-11-12-18(19(13-17)37-2)32(26(35)23-20(28)21(24(29)33)31-38-23)22(14-7-9-15(27)10-8-14)25(34)30-16-5-3-4-6-16/h7-13,16,22H,3-6,28H2,1-2H3,(H2,29,33)(H,30,34)/t22-/m1/s1. The van der Waals surface area contributed by atoms with Crippen molar-refractivity contribution in [2.75, 3.05) is 24.9 Å². The van der Waals surface area contributed by atoms with E-state index in [1.54, 1.807) is 18.2 Å². The van der Waals surface area contributed by atoms with Gasteiger partial charge in [0.25, 0.3) is 11.8 Å². The predicted molar refractivity (Wildman–Crippen MR) is 141 cm³/mol. The van der Waals surface area contributed by atoms with E-state index in [-0.39, 0.29) is 33.7 Å². The van der Waals surface area contributed by atoms with Gasteiger partial charge in [0.1, 0.15) is 28.2 Å². The molecule has 0 saturated heterocycles. The Labute approximate surface area is 222 Å². The van der Waals surface area contributed by atoms with E-state index in [4.69, 9.17) is 20.9 Å². The number of halogens is 1. The molecule has 200 valence electrons. The van der Waals surface area contributed by atoms with Gasteiger partial charge in [-0.1, -0.05) is 25.0 Å². The van der Waals surface area contributed by atoms with Crippen molar-refractivity contribution in [1.82, 2.24) is 9.69 Å². The summed E-state index contributed by atoms with van der Waals surface area (Å²) in [5.41, 5.74) is 11.6. The minimum Gasteiger partial charge on any atom is -0.497 e. The highest BCUT2D eigenvalue weighted by atomic mass is 32.1. The molecule has 0 unspecified atom stereocenters. The van der Waals surface area contributed by atoms with Crippen molar-refractivity contribution < 1.29 is 28.2 Å². The van der Waals surface area contributed by atoms with Crippen LogP contribution in [0.15, 0.2) is 42.5 Å². The number of amides is 3. The normalized spacial score (nSPS) is 14.1. The summed E-state index contributed by atoms with van der Waals surface area (Å²) in [5, 5.41) is 3.04. The quantitative estimate of drug-likeness (QED) is 0.376. The molecule has 3 amide bonds. The summed E-state index contributed by atoms with van der Waals surface area (Å²) < 4.78 is 28.7. The van der Waals surface area contributed by atoms with Crippen LogP contribution in [0, 0.1) is 5.82 Å². The molecule has 3 aromatic rings. The Morgan fingerprint density at radius 2 is 1.79 bits per heavy atom. The van der Waals surface area contributed by atoms with Crippen LogP contribution in [0.4, 0.5) is 15.8 Å². The topological polar surface area (TPSA) is 150 Å². The zero-order valence-corrected chi connectivity index (χ0v) is 21.7. The maximum atomic E-state index is 14.2. The Bertz CT molecular complexity index is 1340. The molecule has 2 aromatic carbocycles. The van der Waals surface area contributed by atoms with E-state index in [0.717, 1.165) is 25.7 Å². The van der Waals surface area contributed by atoms with Gasteiger partial charge in [0, 0.05) is 12.1 Å². The molecule has 1 heterocycles. The van der Waals surface area contributed by atoms with Gasteiger partial charge >= 0.3 is 0 Å². The number of carbonyl (C=O) groups excluding carboxylic acids is 3. The summed E-state index contributed by atoms with van der Waals surface area (Å²) in [6, 6.07) is 8.75. The van der Waals surface area contributed by atoms with E-state index in [0.29, 0.717) is 22.8 Å². The van der Waals surface area contributed by atoms with E-state index in [9.17, 15) is 18.8 Å². The summed E-state index contributed by atoms with van der Waals surface area (Å²) in [5.74, 6) is -1.88. The number of methoxy groups -OCH3 is 2. The Morgan fingerprint density at radius 1 is 1.11 bits per heavy atom. The number of nitrogen functional groups attached to an aromatic ring is 1. The van der Waals surface area contributed by atoms with E-state index in [2.05, 4.69) is 9.69 Å². The van der Waals surface area contributed by atoms with Crippen LogP contribution in [0.5, 0.6) is 11.5 Å². The number of rotatable bonds is 9. The number of nitrogens with zero attached hydrogens (tertiary/aromatic N) is 2. The van der Waals surface area contributed by atoms with Gasteiger partial charge in [-0.15, -0.1) is 0 Å². The smallest absolute Gasteiger partial charge is 0.273 e. The largest absolute Gasteiger partial charge is 0.497 e. The SMILES string of the molecule is COc1ccc(N(C(=O)c2snc(C(N)=O)c2N)[C@@H](C(=O)NC2CCCC2)c2ccc(F)cc2)c(OC)c1. The van der Waals surface area contributed by atoms with Crippen molar-refractivity contribution in [2.24, 2.45) is 5.73 Å². The number of nitrogens with one attached hydrogen (secondary N) is 1. The van der Waals surface area contributed by atoms with Crippen molar-refractivity contribution in [2.45, 2.75) is 37.8 Å². The lowest BCUT2D eigenvalue weighted by molar-refractivity contribution is -0.123. The van der Waals surface area contributed by atoms with Crippen LogP contribution in [0.2, 0.25) is 0 Å². The molecular formula is C26H28FN5O5S. The Kier molecular flexibility index (Phi) is 8.10. The second kappa shape index (κ2) is 11.5. The first-order chi connectivity index (χ1) is 18.2. The molecule has 1 aromatic heterocycles. The van der Waals surface area contributed by atoms with Crippen molar-refractivity contribution in [1.29, 1.82) is 0 Å². The molecule has 10 nitrogen and oxygen atoms in total. The van der Waals surface area contributed by atoms with Crippen LogP contribution in [-0.4, -0.2) is 42.4 Å². The summed E-state index contributed by atoms with van der Waals surface area (Å²) >= 11 is 0.692. The lowest BCUT2D eigenvalue weighted by Crippen LogP contribution is -2.46. The maximum Gasteiger partial charge on any atom is 0.273 e. The molecule has 38 heavy (non-hydrogen) atoms. The van der Waals surface area contributed by atoms with Gasteiger partial charge in [-0.25, -0.2) is 4.39 Å². The number of carbonyl (C=O) groups is 3. The fourth-order valence-electron chi connectivity index (χ4n) is 4.50. The first kappa shape index (κ1) is 26.9. The zero-order valence-electron chi connectivity index (χ0n) is 20.9. The minimum absolute atomic E-state index is 0.0601. The molecular weight excluding hydrogens is 513 g/mol. The molecule has 1 fully saturated rings. The fraction of sp³-hybridized carbons (Fsp3) is 0.308. The molecule has 0 radical (unpaired) electrons. The average molecular weight is 542 g/mol. The molecule has 1 atom stereocenters. The molecule has 1 aliphatic rings. The van der Waals surface area contributed by atoms with E-state index < -0.39 is 29.6 Å². The minimum atomic E-state index is -1.25. The number of aromatic nitrogens is 1. The predicted octanol–water partition coefficient (Wildman–Crippen LogP) is 3.43. The molecule has 1 saturated carbocycles. The zero-order chi connectivity index (χ0) is 27.4. The molecule has 12 heteroatoms. The van der Waals surface area contributed by atoms with E-state index >= 15 is 0 Å². The van der Waals surface area contributed by atoms with Crippen molar-refractivity contribution in [3.05, 3.63) is 64.4 Å². The Morgan fingerprint density at radius 3 is 2.37 bits per heavy atom. The van der Waals surface area contributed by atoms with Gasteiger partial charge in [-0.3, -0.25) is 19.3 Å². The number of hydrogen-bond acceptors (Lipinski definition) is 8. The van der Waals surface area contributed by atoms with Crippen LogP contribution < -0.4 is 31.2 Å². The number of benzene rings is 2. The molecule has 0 spiro atoms. The van der Waals surface area contributed by atoms with Crippen molar-refractivity contribution in [3.63, 3.8) is 0 Å². The third kappa shape index (κ3) is 5.40. The number of anilines is 2. The van der Waals surface area contributed by atoms with Gasteiger partial charge in [-0.05, 0) is 54.2 Å².